The van der Waals surface area contributed by atoms with E-state index in [1.54, 1.807) is 18.2 Å². The highest BCUT2D eigenvalue weighted by Gasteiger charge is 2.11. The van der Waals surface area contributed by atoms with Crippen LogP contribution in [0.2, 0.25) is 0 Å². The molecule has 0 amide bonds. The average molecular weight is 320 g/mol. The van der Waals surface area contributed by atoms with E-state index >= 15 is 0 Å². The van der Waals surface area contributed by atoms with Gasteiger partial charge in [-0.2, -0.15) is 0 Å². The predicted octanol–water partition coefficient (Wildman–Crippen LogP) is 2.68. The molecular formula is C11H13IO3. The van der Waals surface area contributed by atoms with Gasteiger partial charge in [-0.05, 0) is 18.6 Å². The summed E-state index contributed by atoms with van der Waals surface area (Å²) in [5.41, 5.74) is 0.480. The minimum atomic E-state index is -0.361. The molecule has 0 spiro atoms. The molecule has 0 bridgehead atoms. The lowest BCUT2D eigenvalue weighted by atomic mass is 10.2. The number of carbonyl (C=O) groups is 1. The van der Waals surface area contributed by atoms with Crippen LogP contribution in [-0.2, 0) is 4.74 Å². The second-order valence-corrected chi connectivity index (χ2v) is 3.96. The molecule has 0 saturated heterocycles. The lowest BCUT2D eigenvalue weighted by molar-refractivity contribution is 0.0596. The van der Waals surface area contributed by atoms with E-state index < -0.39 is 0 Å². The molecule has 1 aromatic carbocycles. The maximum absolute atomic E-state index is 11.4. The first kappa shape index (κ1) is 12.3. The first-order chi connectivity index (χ1) is 7.29. The van der Waals surface area contributed by atoms with Crippen LogP contribution in [-0.4, -0.2) is 24.1 Å². The van der Waals surface area contributed by atoms with Gasteiger partial charge in [0.2, 0.25) is 0 Å². The Morgan fingerprint density at radius 2 is 2.13 bits per heavy atom. The molecule has 82 valence electrons. The average Bonchev–Trinajstić information content (AvgIpc) is 2.29. The molecule has 3 nitrogen and oxygen atoms in total. The molecule has 0 saturated carbocycles. The summed E-state index contributed by atoms with van der Waals surface area (Å²) in [7, 11) is 1.37. The zero-order valence-electron chi connectivity index (χ0n) is 8.53. The number of para-hydroxylation sites is 1. The van der Waals surface area contributed by atoms with E-state index in [2.05, 4.69) is 27.3 Å². The van der Waals surface area contributed by atoms with Crippen molar-refractivity contribution in [3.8, 4) is 5.75 Å². The Morgan fingerprint density at radius 3 is 2.80 bits per heavy atom. The third-order valence-corrected chi connectivity index (χ3v) is 2.59. The molecule has 1 rings (SSSR count). The summed E-state index contributed by atoms with van der Waals surface area (Å²) < 4.78 is 11.2. The third-order valence-electron chi connectivity index (χ3n) is 1.83. The van der Waals surface area contributed by atoms with E-state index in [1.807, 2.05) is 6.07 Å². The molecular weight excluding hydrogens is 307 g/mol. The van der Waals surface area contributed by atoms with Gasteiger partial charge in [-0.15, -0.1) is 0 Å². The van der Waals surface area contributed by atoms with E-state index in [4.69, 9.17) is 4.74 Å². The van der Waals surface area contributed by atoms with Crippen LogP contribution in [0.1, 0.15) is 16.8 Å². The van der Waals surface area contributed by atoms with E-state index in [0.717, 1.165) is 10.8 Å². The van der Waals surface area contributed by atoms with E-state index in [0.29, 0.717) is 17.9 Å². The number of esters is 1. The van der Waals surface area contributed by atoms with Crippen molar-refractivity contribution in [2.45, 2.75) is 6.42 Å². The number of hydrogen-bond donors (Lipinski definition) is 0. The van der Waals surface area contributed by atoms with Crippen LogP contribution in [0.25, 0.3) is 0 Å². The summed E-state index contributed by atoms with van der Waals surface area (Å²) in [5.74, 6) is 0.231. The number of hydrogen-bond acceptors (Lipinski definition) is 3. The smallest absolute Gasteiger partial charge is 0.341 e. The molecule has 0 radical (unpaired) electrons. The number of rotatable bonds is 5. The Hall–Kier alpha value is -0.780. The van der Waals surface area contributed by atoms with Gasteiger partial charge in [0.25, 0.3) is 0 Å². The van der Waals surface area contributed by atoms with Crippen LogP contribution < -0.4 is 4.74 Å². The molecule has 0 fully saturated rings. The summed E-state index contributed by atoms with van der Waals surface area (Å²) in [4.78, 5) is 11.4. The van der Waals surface area contributed by atoms with Gasteiger partial charge in [0.15, 0.2) is 0 Å². The highest BCUT2D eigenvalue weighted by Crippen LogP contribution is 2.18. The number of benzene rings is 1. The van der Waals surface area contributed by atoms with Crippen LogP contribution in [0.3, 0.4) is 0 Å². The van der Waals surface area contributed by atoms with Gasteiger partial charge in [-0.3, -0.25) is 0 Å². The Kier molecular flexibility index (Phi) is 5.45. The van der Waals surface area contributed by atoms with Gasteiger partial charge in [-0.25, -0.2) is 4.79 Å². The van der Waals surface area contributed by atoms with Crippen molar-refractivity contribution in [1.29, 1.82) is 0 Å². The number of alkyl halides is 1. The summed E-state index contributed by atoms with van der Waals surface area (Å²) in [6, 6.07) is 7.11. The largest absolute Gasteiger partial charge is 0.493 e. The van der Waals surface area contributed by atoms with Gasteiger partial charge in [-0.1, -0.05) is 34.7 Å². The molecule has 0 N–H and O–H groups in total. The number of ether oxygens (including phenoxy) is 2. The van der Waals surface area contributed by atoms with Crippen LogP contribution in [0.15, 0.2) is 24.3 Å². The first-order valence-electron chi connectivity index (χ1n) is 4.65. The Morgan fingerprint density at radius 1 is 1.40 bits per heavy atom. The minimum absolute atomic E-state index is 0.361. The quantitative estimate of drug-likeness (QED) is 0.362. The van der Waals surface area contributed by atoms with E-state index in [1.165, 1.54) is 7.11 Å². The van der Waals surface area contributed by atoms with Gasteiger partial charge < -0.3 is 9.47 Å². The molecule has 1 aromatic rings. The van der Waals surface area contributed by atoms with Gasteiger partial charge >= 0.3 is 5.97 Å². The fourth-order valence-corrected chi connectivity index (χ4v) is 1.42. The molecule has 0 aliphatic carbocycles. The SMILES string of the molecule is COC(=O)c1ccccc1OCCCI. The van der Waals surface area contributed by atoms with Gasteiger partial charge in [0.05, 0.1) is 13.7 Å². The van der Waals surface area contributed by atoms with Crippen LogP contribution in [0.5, 0.6) is 5.75 Å². The normalized spacial score (nSPS) is 9.73. The molecule has 0 unspecified atom stereocenters. The van der Waals surface area contributed by atoms with Crippen molar-refractivity contribution in [1.82, 2.24) is 0 Å². The summed E-state index contributed by atoms with van der Waals surface area (Å²) >= 11 is 2.29. The monoisotopic (exact) mass is 320 g/mol. The number of halogens is 1. The lowest BCUT2D eigenvalue weighted by Crippen LogP contribution is -2.06. The molecule has 0 heterocycles. The maximum atomic E-state index is 11.4. The zero-order chi connectivity index (χ0) is 11.1. The zero-order valence-corrected chi connectivity index (χ0v) is 10.7. The highest BCUT2D eigenvalue weighted by molar-refractivity contribution is 14.1. The summed E-state index contributed by atoms with van der Waals surface area (Å²) in [6.07, 6.45) is 0.968. The fraction of sp³-hybridized carbons (Fsp3) is 0.364. The van der Waals surface area contributed by atoms with E-state index in [-0.39, 0.29) is 5.97 Å². The van der Waals surface area contributed by atoms with Crippen LogP contribution in [0, 0.1) is 0 Å². The standard InChI is InChI=1S/C11H13IO3/c1-14-11(13)9-5-2-3-6-10(9)15-8-4-7-12/h2-3,5-6H,4,7-8H2,1H3. The molecule has 0 aliphatic heterocycles. The number of carbonyl (C=O) groups excluding carboxylic acids is 1. The number of methoxy groups -OCH3 is 1. The van der Waals surface area contributed by atoms with Gasteiger partial charge in [0.1, 0.15) is 11.3 Å². The van der Waals surface area contributed by atoms with Crippen molar-refractivity contribution in [3.05, 3.63) is 29.8 Å². The molecule has 4 heteroatoms. The predicted molar refractivity (Wildman–Crippen MR) is 66.8 cm³/mol. The first-order valence-corrected chi connectivity index (χ1v) is 6.18. The third kappa shape index (κ3) is 3.70. The van der Waals surface area contributed by atoms with Crippen molar-refractivity contribution in [2.75, 3.05) is 18.1 Å². The maximum Gasteiger partial charge on any atom is 0.341 e. The van der Waals surface area contributed by atoms with Crippen LogP contribution in [0.4, 0.5) is 0 Å². The summed E-state index contributed by atoms with van der Waals surface area (Å²) in [5, 5.41) is 0. The van der Waals surface area contributed by atoms with Crippen molar-refractivity contribution in [3.63, 3.8) is 0 Å². The summed E-state index contributed by atoms with van der Waals surface area (Å²) in [6.45, 7) is 0.622. The highest BCUT2D eigenvalue weighted by atomic mass is 127. The molecule has 0 aliphatic rings. The van der Waals surface area contributed by atoms with E-state index in [9.17, 15) is 4.79 Å². The fourth-order valence-electron chi connectivity index (χ4n) is 1.11. The molecule has 0 atom stereocenters. The van der Waals surface area contributed by atoms with Crippen molar-refractivity contribution >= 4 is 28.6 Å². The topological polar surface area (TPSA) is 35.5 Å². The minimum Gasteiger partial charge on any atom is -0.493 e. The van der Waals surface area contributed by atoms with Crippen LogP contribution >= 0.6 is 22.6 Å². The van der Waals surface area contributed by atoms with Crippen molar-refractivity contribution < 1.29 is 14.3 Å². The Bertz CT molecular complexity index is 325. The Labute approximate surface area is 103 Å². The van der Waals surface area contributed by atoms with Crippen molar-refractivity contribution in [2.24, 2.45) is 0 Å². The van der Waals surface area contributed by atoms with Gasteiger partial charge in [0, 0.05) is 4.43 Å². The second kappa shape index (κ2) is 6.66. The lowest BCUT2D eigenvalue weighted by Gasteiger charge is -2.08. The molecule has 15 heavy (non-hydrogen) atoms. The Balaban J connectivity index is 2.73. The molecule has 0 aromatic heterocycles. The second-order valence-electron chi connectivity index (χ2n) is 2.88.